The predicted octanol–water partition coefficient (Wildman–Crippen LogP) is 22.0. The van der Waals surface area contributed by atoms with Gasteiger partial charge in [-0.25, -0.2) is 0 Å². The van der Waals surface area contributed by atoms with E-state index >= 15 is 0 Å². The standard InChI is InChI=1S/C72H139N2O6P/c1-6-8-10-12-14-16-18-20-22-24-26-28-30-32-34-35-36-37-38-40-41-43-45-47-49-51-53-55-57-59-61-63-65-71(75)70(69-80-81(77,78)79-68-67-74(3,4)5)73-72(76)66-64-62-60-58-56-54-52-50-48-46-44-42-39-33-31-29-27-25-23-21-19-17-15-13-11-9-7-2/h9,11,15,17,21,23,27,29,70-71,75H,6-8,10,12-14,16,18-20,22,24-26,28,30-69H2,1-5H3,(H-,73,76,77,78)/b11-9-,17-15-,23-21-,29-27-. The maximum Gasteiger partial charge on any atom is 0.268 e. The Morgan fingerprint density at radius 1 is 0.444 bits per heavy atom. The van der Waals surface area contributed by atoms with Crippen molar-refractivity contribution in [2.24, 2.45) is 0 Å². The molecule has 3 unspecified atom stereocenters. The third-order valence-electron chi connectivity index (χ3n) is 16.3. The number of carbonyl (C=O) groups excluding carboxylic acids is 1. The van der Waals surface area contributed by atoms with E-state index in [0.29, 0.717) is 23.9 Å². The monoisotopic (exact) mass is 1160 g/mol. The van der Waals surface area contributed by atoms with Crippen LogP contribution in [0.4, 0.5) is 0 Å². The molecule has 0 bridgehead atoms. The zero-order valence-electron chi connectivity index (χ0n) is 54.8. The van der Waals surface area contributed by atoms with Gasteiger partial charge in [0.2, 0.25) is 5.91 Å². The summed E-state index contributed by atoms with van der Waals surface area (Å²) >= 11 is 0. The summed E-state index contributed by atoms with van der Waals surface area (Å²) in [7, 11) is 1.32. The maximum atomic E-state index is 13.1. The van der Waals surface area contributed by atoms with Crippen LogP contribution < -0.4 is 10.2 Å². The summed E-state index contributed by atoms with van der Waals surface area (Å²) in [4.78, 5) is 25.7. The van der Waals surface area contributed by atoms with E-state index in [1.54, 1.807) is 0 Å². The normalized spacial score (nSPS) is 13.9. The van der Waals surface area contributed by atoms with Gasteiger partial charge in [-0.3, -0.25) is 9.36 Å². The molecule has 0 saturated heterocycles. The van der Waals surface area contributed by atoms with Crippen molar-refractivity contribution in [2.75, 3.05) is 40.9 Å². The van der Waals surface area contributed by atoms with Gasteiger partial charge in [0.05, 0.1) is 39.9 Å². The topological polar surface area (TPSA) is 108 Å². The molecule has 478 valence electrons. The summed E-state index contributed by atoms with van der Waals surface area (Å²) in [5.41, 5.74) is 0. The number of aliphatic hydroxyl groups excluding tert-OH is 1. The Labute approximate surface area is 505 Å². The van der Waals surface area contributed by atoms with Crippen LogP contribution in [-0.2, 0) is 18.4 Å². The van der Waals surface area contributed by atoms with Gasteiger partial charge in [-0.15, -0.1) is 0 Å². The highest BCUT2D eigenvalue weighted by molar-refractivity contribution is 7.45. The smallest absolute Gasteiger partial charge is 0.268 e. The molecule has 0 saturated carbocycles. The number of unbranched alkanes of at least 4 members (excludes halogenated alkanes) is 45. The number of nitrogens with one attached hydrogen (secondary N) is 1. The largest absolute Gasteiger partial charge is 0.756 e. The highest BCUT2D eigenvalue weighted by Crippen LogP contribution is 2.38. The third kappa shape index (κ3) is 65.9. The van der Waals surface area contributed by atoms with Crippen molar-refractivity contribution in [1.82, 2.24) is 5.32 Å². The van der Waals surface area contributed by atoms with Crippen LogP contribution in [0.3, 0.4) is 0 Å². The van der Waals surface area contributed by atoms with Crippen LogP contribution in [0.1, 0.15) is 354 Å². The van der Waals surface area contributed by atoms with Crippen molar-refractivity contribution in [3.63, 3.8) is 0 Å². The quantitative estimate of drug-likeness (QED) is 0.0272. The minimum Gasteiger partial charge on any atom is -0.756 e. The lowest BCUT2D eigenvalue weighted by molar-refractivity contribution is -0.870. The first-order chi connectivity index (χ1) is 39.5. The predicted molar refractivity (Wildman–Crippen MR) is 353 cm³/mol. The molecule has 0 aliphatic heterocycles. The second-order valence-electron chi connectivity index (χ2n) is 25.6. The van der Waals surface area contributed by atoms with Crippen molar-refractivity contribution < 1.29 is 32.9 Å². The van der Waals surface area contributed by atoms with Gasteiger partial charge in [0.1, 0.15) is 13.2 Å². The molecule has 9 heteroatoms. The molecule has 0 aromatic rings. The lowest BCUT2D eigenvalue weighted by Crippen LogP contribution is -2.46. The summed E-state index contributed by atoms with van der Waals surface area (Å²) in [6, 6.07) is -0.804. The van der Waals surface area contributed by atoms with Gasteiger partial charge < -0.3 is 28.8 Å². The van der Waals surface area contributed by atoms with E-state index in [0.717, 1.165) is 64.2 Å². The Kier molecular flexibility index (Phi) is 61.8. The average molecular weight is 1160 g/mol. The second kappa shape index (κ2) is 63.0. The highest BCUT2D eigenvalue weighted by atomic mass is 31.2. The first-order valence-corrected chi connectivity index (χ1v) is 36.9. The first-order valence-electron chi connectivity index (χ1n) is 35.5. The van der Waals surface area contributed by atoms with Crippen molar-refractivity contribution in [1.29, 1.82) is 0 Å². The van der Waals surface area contributed by atoms with Crippen molar-refractivity contribution >= 4 is 13.7 Å². The Balaban J connectivity index is 4.00. The molecule has 3 atom stereocenters. The maximum absolute atomic E-state index is 13.1. The first kappa shape index (κ1) is 79.5. The van der Waals surface area contributed by atoms with E-state index in [9.17, 15) is 19.4 Å². The minimum atomic E-state index is -4.58. The molecule has 0 aliphatic carbocycles. The molecule has 0 heterocycles. The van der Waals surface area contributed by atoms with Crippen LogP contribution in [0.5, 0.6) is 0 Å². The minimum absolute atomic E-state index is 0.0124. The van der Waals surface area contributed by atoms with Gasteiger partial charge >= 0.3 is 0 Å². The molecule has 81 heavy (non-hydrogen) atoms. The fourth-order valence-electron chi connectivity index (χ4n) is 10.9. The second-order valence-corrected chi connectivity index (χ2v) is 27.0. The molecule has 0 spiro atoms. The Bertz CT molecular complexity index is 1460. The molecule has 0 aliphatic rings. The number of hydrogen-bond acceptors (Lipinski definition) is 6. The zero-order valence-corrected chi connectivity index (χ0v) is 55.6. The van der Waals surface area contributed by atoms with Crippen LogP contribution >= 0.6 is 7.82 Å². The van der Waals surface area contributed by atoms with Gasteiger partial charge in [-0.05, 0) is 51.4 Å². The summed E-state index contributed by atoms with van der Waals surface area (Å²) < 4.78 is 23.5. The Morgan fingerprint density at radius 3 is 1.10 bits per heavy atom. The molecule has 1 amide bonds. The fraction of sp³-hybridized carbons (Fsp3) is 0.875. The number of nitrogens with zero attached hydrogens (tertiary/aromatic N) is 1. The van der Waals surface area contributed by atoms with Crippen LogP contribution in [0, 0.1) is 0 Å². The number of phosphoric acid groups is 1. The van der Waals surface area contributed by atoms with Gasteiger partial charge in [-0.2, -0.15) is 0 Å². The van der Waals surface area contributed by atoms with E-state index < -0.39 is 20.0 Å². The lowest BCUT2D eigenvalue weighted by Gasteiger charge is -2.30. The van der Waals surface area contributed by atoms with E-state index in [1.807, 2.05) is 21.1 Å². The van der Waals surface area contributed by atoms with Crippen molar-refractivity contribution in [3.05, 3.63) is 48.6 Å². The molecule has 8 nitrogen and oxygen atoms in total. The van der Waals surface area contributed by atoms with E-state index in [4.69, 9.17) is 9.05 Å². The van der Waals surface area contributed by atoms with Crippen LogP contribution in [0.2, 0.25) is 0 Å². The van der Waals surface area contributed by atoms with Gasteiger partial charge in [0.25, 0.3) is 7.82 Å². The number of allylic oxidation sites excluding steroid dienone is 8. The number of carbonyl (C=O) groups is 1. The van der Waals surface area contributed by atoms with E-state index in [2.05, 4.69) is 67.8 Å². The average Bonchev–Trinajstić information content (AvgIpc) is 3.43. The molecule has 0 aromatic carbocycles. The molecule has 0 aromatic heterocycles. The molecule has 0 rings (SSSR count). The summed E-state index contributed by atoms with van der Waals surface area (Å²) in [6.07, 6.45) is 84.8. The summed E-state index contributed by atoms with van der Waals surface area (Å²) in [6.45, 7) is 4.66. The number of amides is 1. The number of quaternary nitrogens is 1. The van der Waals surface area contributed by atoms with Crippen LogP contribution in [-0.4, -0.2) is 68.5 Å². The van der Waals surface area contributed by atoms with Gasteiger partial charge in [-0.1, -0.05) is 345 Å². The molecule has 0 fully saturated rings. The van der Waals surface area contributed by atoms with E-state index in [1.165, 1.54) is 263 Å². The molecular weight excluding hydrogens is 1020 g/mol. The number of likely N-dealkylation sites (N-methyl/N-ethyl adjacent to an activating group) is 1. The molecular formula is C72H139N2O6P. The van der Waals surface area contributed by atoms with E-state index in [-0.39, 0.29) is 19.1 Å². The summed E-state index contributed by atoms with van der Waals surface area (Å²) in [5.74, 6) is -0.161. The van der Waals surface area contributed by atoms with Gasteiger partial charge in [0, 0.05) is 6.42 Å². The molecule has 0 radical (unpaired) electrons. The van der Waals surface area contributed by atoms with Gasteiger partial charge in [0.15, 0.2) is 0 Å². The summed E-state index contributed by atoms with van der Waals surface area (Å²) in [5, 5.41) is 14.1. The van der Waals surface area contributed by atoms with Crippen LogP contribution in [0.25, 0.3) is 0 Å². The lowest BCUT2D eigenvalue weighted by atomic mass is 10.0. The number of hydrogen-bond donors (Lipinski definition) is 2. The van der Waals surface area contributed by atoms with Crippen molar-refractivity contribution in [3.8, 4) is 0 Å². The Hall–Kier alpha value is -1.54. The number of aliphatic hydroxyl groups is 1. The SMILES string of the molecule is CC/C=C\C/C=C\C/C=C\C/C=C\CCCCCCCCCCCCCCCCC(=O)NC(COP(=O)([O-])OCC[N+](C)(C)C)C(O)CCCCCCCCCCCCCCCCCCCCCCCCCCCCCCCCCC. The molecule has 2 N–H and O–H groups in total. The van der Waals surface area contributed by atoms with Crippen LogP contribution in [0.15, 0.2) is 48.6 Å². The highest BCUT2D eigenvalue weighted by Gasteiger charge is 2.24. The van der Waals surface area contributed by atoms with Crippen molar-refractivity contribution in [2.45, 2.75) is 366 Å². The fourth-order valence-corrected chi connectivity index (χ4v) is 11.6. The zero-order chi connectivity index (χ0) is 59.1. The third-order valence-corrected chi connectivity index (χ3v) is 17.3. The number of phosphoric ester groups is 1. The Morgan fingerprint density at radius 2 is 0.753 bits per heavy atom. The number of rotatable bonds is 66.